The molecule has 0 radical (unpaired) electrons. The van der Waals surface area contributed by atoms with Crippen LogP contribution in [0.3, 0.4) is 0 Å². The number of nitrogens with two attached hydrogens (primary N) is 1. The van der Waals surface area contributed by atoms with Gasteiger partial charge in [-0.1, -0.05) is 41.1 Å². The lowest BCUT2D eigenvalue weighted by Gasteiger charge is -2.12. The van der Waals surface area contributed by atoms with E-state index in [-0.39, 0.29) is 5.91 Å². The zero-order valence-electron chi connectivity index (χ0n) is 15.8. The number of rotatable bonds is 7. The van der Waals surface area contributed by atoms with Crippen LogP contribution in [-0.4, -0.2) is 24.2 Å². The molecule has 0 saturated heterocycles. The monoisotopic (exact) mass is 430 g/mol. The van der Waals surface area contributed by atoms with Crippen LogP contribution < -0.4 is 20.6 Å². The van der Waals surface area contributed by atoms with Crippen molar-refractivity contribution in [3.05, 3.63) is 69.2 Å². The number of anilines is 1. The summed E-state index contributed by atoms with van der Waals surface area (Å²) in [7, 11) is 1.55. The standard InChI is InChI=1S/C20H19ClN4O3S/c1-12-18(29-20(22)24-12)19(26)25-23-10-13-7-8-16(17(9-13)27-2)28-11-14-5-3-4-6-15(14)21/h3-10H,11H2,1-2H3,(H2,22,24)(H,25,26)/b23-10-. The van der Waals surface area contributed by atoms with E-state index < -0.39 is 0 Å². The van der Waals surface area contributed by atoms with Crippen molar-refractivity contribution in [2.75, 3.05) is 12.8 Å². The first-order valence-corrected chi connectivity index (χ1v) is 9.78. The maximum absolute atomic E-state index is 12.1. The van der Waals surface area contributed by atoms with E-state index in [1.165, 1.54) is 6.21 Å². The number of carbonyl (C=O) groups excluding carboxylic acids is 1. The number of carbonyl (C=O) groups is 1. The fourth-order valence-corrected chi connectivity index (χ4v) is 3.41. The van der Waals surface area contributed by atoms with E-state index in [9.17, 15) is 4.79 Å². The van der Waals surface area contributed by atoms with E-state index in [0.29, 0.717) is 38.8 Å². The van der Waals surface area contributed by atoms with Gasteiger partial charge in [-0.2, -0.15) is 5.10 Å². The van der Waals surface area contributed by atoms with Gasteiger partial charge in [0, 0.05) is 10.6 Å². The summed E-state index contributed by atoms with van der Waals surface area (Å²) in [6.45, 7) is 2.04. The predicted octanol–water partition coefficient (Wildman–Crippen LogP) is 4.04. The second kappa shape index (κ2) is 9.40. The molecule has 0 aliphatic carbocycles. The van der Waals surface area contributed by atoms with Gasteiger partial charge in [0.25, 0.3) is 5.91 Å². The minimum Gasteiger partial charge on any atom is -0.493 e. The first kappa shape index (κ1) is 20.6. The summed E-state index contributed by atoms with van der Waals surface area (Å²) < 4.78 is 11.2. The van der Waals surface area contributed by atoms with Crippen LogP contribution in [-0.2, 0) is 6.61 Å². The third kappa shape index (κ3) is 5.24. The molecule has 2 aromatic carbocycles. The number of methoxy groups -OCH3 is 1. The second-order valence-electron chi connectivity index (χ2n) is 5.96. The lowest BCUT2D eigenvalue weighted by Crippen LogP contribution is -2.17. The average Bonchev–Trinajstić information content (AvgIpc) is 3.06. The zero-order valence-corrected chi connectivity index (χ0v) is 17.4. The van der Waals surface area contributed by atoms with Gasteiger partial charge < -0.3 is 15.2 Å². The second-order valence-corrected chi connectivity index (χ2v) is 7.39. The number of nitrogens with one attached hydrogen (secondary N) is 1. The SMILES string of the molecule is COc1cc(/C=N\NC(=O)c2sc(N)nc2C)ccc1OCc1ccccc1Cl. The lowest BCUT2D eigenvalue weighted by molar-refractivity contribution is 0.0958. The Morgan fingerprint density at radius 2 is 2.10 bits per heavy atom. The number of hydrazone groups is 1. The molecule has 7 nitrogen and oxygen atoms in total. The number of halogens is 1. The Labute approximate surface area is 177 Å². The van der Waals surface area contributed by atoms with E-state index in [2.05, 4.69) is 15.5 Å². The number of ether oxygens (including phenoxy) is 2. The van der Waals surface area contributed by atoms with Crippen LogP contribution in [0.1, 0.15) is 26.5 Å². The average molecular weight is 431 g/mol. The van der Waals surface area contributed by atoms with Crippen molar-refractivity contribution >= 4 is 40.2 Å². The highest BCUT2D eigenvalue weighted by atomic mass is 35.5. The highest BCUT2D eigenvalue weighted by Crippen LogP contribution is 2.29. The van der Waals surface area contributed by atoms with Gasteiger partial charge in [-0.15, -0.1) is 0 Å². The third-order valence-electron chi connectivity index (χ3n) is 3.93. The molecule has 0 aliphatic heterocycles. The molecule has 1 heterocycles. The van der Waals surface area contributed by atoms with Crippen LogP contribution in [0, 0.1) is 6.92 Å². The van der Waals surface area contributed by atoms with Crippen molar-refractivity contribution in [2.45, 2.75) is 13.5 Å². The number of hydrogen-bond acceptors (Lipinski definition) is 7. The quantitative estimate of drug-likeness (QED) is 0.435. The summed E-state index contributed by atoms with van der Waals surface area (Å²) in [5.74, 6) is 0.752. The zero-order chi connectivity index (χ0) is 20.8. The summed E-state index contributed by atoms with van der Waals surface area (Å²) in [4.78, 5) is 16.6. The van der Waals surface area contributed by atoms with Gasteiger partial charge in [-0.3, -0.25) is 4.79 Å². The van der Waals surface area contributed by atoms with Gasteiger partial charge in [0.2, 0.25) is 0 Å². The van der Waals surface area contributed by atoms with Gasteiger partial charge in [0.1, 0.15) is 11.5 Å². The number of aromatic nitrogens is 1. The van der Waals surface area contributed by atoms with Crippen LogP contribution in [0.2, 0.25) is 5.02 Å². The Morgan fingerprint density at radius 3 is 2.79 bits per heavy atom. The number of nitrogen functional groups attached to an aromatic ring is 1. The van der Waals surface area contributed by atoms with Crippen LogP contribution in [0.5, 0.6) is 11.5 Å². The summed E-state index contributed by atoms with van der Waals surface area (Å²) in [5.41, 5.74) is 10.3. The number of hydrogen-bond donors (Lipinski definition) is 2. The van der Waals surface area contributed by atoms with E-state index >= 15 is 0 Å². The molecule has 0 saturated carbocycles. The number of thiazole rings is 1. The lowest BCUT2D eigenvalue weighted by atomic mass is 10.2. The number of aryl methyl sites for hydroxylation is 1. The van der Waals surface area contributed by atoms with Gasteiger partial charge in [-0.05, 0) is 36.8 Å². The molecule has 3 rings (SSSR count). The molecular formula is C20H19ClN4O3S. The van der Waals surface area contributed by atoms with Crippen molar-refractivity contribution < 1.29 is 14.3 Å². The van der Waals surface area contributed by atoms with Crippen molar-refractivity contribution in [3.63, 3.8) is 0 Å². The third-order valence-corrected chi connectivity index (χ3v) is 5.28. The van der Waals surface area contributed by atoms with Crippen molar-refractivity contribution in [2.24, 2.45) is 5.10 Å². The van der Waals surface area contributed by atoms with Gasteiger partial charge >= 0.3 is 0 Å². The first-order valence-electron chi connectivity index (χ1n) is 8.58. The van der Waals surface area contributed by atoms with Crippen LogP contribution in [0.15, 0.2) is 47.6 Å². The van der Waals surface area contributed by atoms with Crippen LogP contribution in [0.25, 0.3) is 0 Å². The largest absolute Gasteiger partial charge is 0.493 e. The van der Waals surface area contributed by atoms with E-state index in [1.807, 2.05) is 24.3 Å². The molecule has 150 valence electrons. The predicted molar refractivity (Wildman–Crippen MR) is 115 cm³/mol. The van der Waals surface area contributed by atoms with Crippen LogP contribution in [0.4, 0.5) is 5.13 Å². The molecule has 0 atom stereocenters. The highest BCUT2D eigenvalue weighted by molar-refractivity contribution is 7.17. The van der Waals surface area contributed by atoms with E-state index in [0.717, 1.165) is 22.5 Å². The Kier molecular flexibility index (Phi) is 6.69. The van der Waals surface area contributed by atoms with Crippen molar-refractivity contribution in [3.8, 4) is 11.5 Å². The minimum absolute atomic E-state index is 0.316. The molecule has 3 N–H and O–H groups in total. The minimum atomic E-state index is -0.361. The summed E-state index contributed by atoms with van der Waals surface area (Å²) in [6.07, 6.45) is 1.51. The van der Waals surface area contributed by atoms with Gasteiger partial charge in [0.05, 0.1) is 19.0 Å². The smallest absolute Gasteiger partial charge is 0.283 e. The van der Waals surface area contributed by atoms with Crippen LogP contribution >= 0.6 is 22.9 Å². The maximum atomic E-state index is 12.1. The van der Waals surface area contributed by atoms with Crippen molar-refractivity contribution in [1.82, 2.24) is 10.4 Å². The van der Waals surface area contributed by atoms with E-state index in [1.54, 1.807) is 32.2 Å². The Morgan fingerprint density at radius 1 is 1.31 bits per heavy atom. The van der Waals surface area contributed by atoms with Gasteiger partial charge in [-0.25, -0.2) is 10.4 Å². The fourth-order valence-electron chi connectivity index (χ4n) is 2.50. The Balaban J connectivity index is 1.65. The summed E-state index contributed by atoms with van der Waals surface area (Å²) in [6, 6.07) is 12.8. The normalized spacial score (nSPS) is 10.9. The molecule has 9 heteroatoms. The first-order chi connectivity index (χ1) is 14.0. The molecule has 0 fully saturated rings. The maximum Gasteiger partial charge on any atom is 0.283 e. The number of amides is 1. The molecule has 0 spiro atoms. The Bertz CT molecular complexity index is 1050. The number of benzene rings is 2. The molecule has 3 aromatic rings. The van der Waals surface area contributed by atoms with E-state index in [4.69, 9.17) is 26.8 Å². The Hall–Kier alpha value is -3.10. The highest BCUT2D eigenvalue weighted by Gasteiger charge is 2.13. The molecule has 0 bridgehead atoms. The fraction of sp³-hybridized carbons (Fsp3) is 0.150. The van der Waals surface area contributed by atoms with Crippen molar-refractivity contribution in [1.29, 1.82) is 0 Å². The summed E-state index contributed by atoms with van der Waals surface area (Å²) >= 11 is 7.27. The molecular weight excluding hydrogens is 412 g/mol. The van der Waals surface area contributed by atoms with Gasteiger partial charge in [0.15, 0.2) is 16.6 Å². The molecule has 1 amide bonds. The molecule has 1 aromatic heterocycles. The summed E-state index contributed by atoms with van der Waals surface area (Å²) in [5, 5.41) is 4.96. The molecule has 29 heavy (non-hydrogen) atoms. The topological polar surface area (TPSA) is 98.8 Å². The number of nitrogens with zero attached hydrogens (tertiary/aromatic N) is 2. The molecule has 0 aliphatic rings. The molecule has 0 unspecified atom stereocenters.